The Labute approximate surface area is 175 Å². The first-order valence-corrected chi connectivity index (χ1v) is 11.1. The maximum Gasteiger partial charge on any atom is 0.243 e. The van der Waals surface area contributed by atoms with Crippen LogP contribution in [0, 0.1) is 0 Å². The first-order chi connectivity index (χ1) is 13.1. The van der Waals surface area contributed by atoms with E-state index in [1.54, 1.807) is 7.11 Å². The molecule has 1 atom stereocenters. The zero-order chi connectivity index (χ0) is 20.9. The lowest BCUT2D eigenvalue weighted by atomic mass is 10.1. The summed E-state index contributed by atoms with van der Waals surface area (Å²) in [6.07, 6.45) is 1.63. The summed E-state index contributed by atoms with van der Waals surface area (Å²) in [7, 11) is -2.14. The summed E-state index contributed by atoms with van der Waals surface area (Å²) >= 11 is 12.0. The van der Waals surface area contributed by atoms with Gasteiger partial charge in [-0.3, -0.25) is 9.10 Å². The molecule has 9 heteroatoms. The van der Waals surface area contributed by atoms with Crippen molar-refractivity contribution in [3.8, 4) is 5.75 Å². The monoisotopic (exact) mass is 444 g/mol. The van der Waals surface area contributed by atoms with Crippen LogP contribution in [0.15, 0.2) is 42.5 Å². The molecule has 0 bridgehead atoms. The normalized spacial score (nSPS) is 12.3. The maximum atomic E-state index is 12.6. The predicted molar refractivity (Wildman–Crippen MR) is 113 cm³/mol. The van der Waals surface area contributed by atoms with Crippen LogP contribution in [0.25, 0.3) is 0 Å². The Balaban J connectivity index is 2.08. The van der Waals surface area contributed by atoms with Gasteiger partial charge >= 0.3 is 0 Å². The average Bonchev–Trinajstić information content (AvgIpc) is 2.60. The molecule has 0 aromatic heterocycles. The van der Waals surface area contributed by atoms with Crippen LogP contribution in [0.4, 0.5) is 5.69 Å². The third kappa shape index (κ3) is 6.02. The smallest absolute Gasteiger partial charge is 0.243 e. The Bertz CT molecular complexity index is 913. The second-order valence-electron chi connectivity index (χ2n) is 6.25. The fourth-order valence-electron chi connectivity index (χ4n) is 2.75. The molecule has 0 heterocycles. The van der Waals surface area contributed by atoms with E-state index in [0.29, 0.717) is 13.0 Å². The Kier molecular flexibility index (Phi) is 7.57. The molecule has 2 aromatic rings. The number of hydrogen-bond donors (Lipinski definition) is 1. The van der Waals surface area contributed by atoms with E-state index < -0.39 is 22.0 Å². The van der Waals surface area contributed by atoms with E-state index in [4.69, 9.17) is 27.9 Å². The molecule has 2 aromatic carbocycles. The van der Waals surface area contributed by atoms with Crippen molar-refractivity contribution in [1.29, 1.82) is 0 Å². The van der Waals surface area contributed by atoms with Crippen molar-refractivity contribution >= 4 is 44.8 Å². The summed E-state index contributed by atoms with van der Waals surface area (Å²) in [4.78, 5) is 12.6. The summed E-state index contributed by atoms with van der Waals surface area (Å²) in [5.74, 6) is 0.334. The number of amides is 1. The fraction of sp³-hybridized carbons (Fsp3) is 0.316. The molecule has 6 nitrogen and oxygen atoms in total. The van der Waals surface area contributed by atoms with Gasteiger partial charge in [0.15, 0.2) is 0 Å². The lowest BCUT2D eigenvalue weighted by Crippen LogP contribution is -2.48. The zero-order valence-corrected chi connectivity index (χ0v) is 18.1. The Morgan fingerprint density at radius 1 is 1.14 bits per heavy atom. The topological polar surface area (TPSA) is 75.7 Å². The number of nitrogens with zero attached hydrogens (tertiary/aromatic N) is 1. The highest BCUT2D eigenvalue weighted by atomic mass is 35.5. The van der Waals surface area contributed by atoms with Crippen molar-refractivity contribution in [2.45, 2.75) is 19.4 Å². The molecule has 28 heavy (non-hydrogen) atoms. The van der Waals surface area contributed by atoms with Crippen LogP contribution in [0.1, 0.15) is 12.5 Å². The van der Waals surface area contributed by atoms with Gasteiger partial charge in [0.2, 0.25) is 15.9 Å². The minimum Gasteiger partial charge on any atom is -0.497 e. The van der Waals surface area contributed by atoms with Gasteiger partial charge in [-0.05, 0) is 49.2 Å². The van der Waals surface area contributed by atoms with Gasteiger partial charge in [-0.15, -0.1) is 0 Å². The Morgan fingerprint density at radius 2 is 1.71 bits per heavy atom. The summed E-state index contributed by atoms with van der Waals surface area (Å²) in [6, 6.07) is 10.9. The van der Waals surface area contributed by atoms with E-state index in [1.165, 1.54) is 25.1 Å². The molecule has 0 aliphatic rings. The van der Waals surface area contributed by atoms with Gasteiger partial charge in [0.1, 0.15) is 11.8 Å². The number of ether oxygens (including phenoxy) is 1. The summed E-state index contributed by atoms with van der Waals surface area (Å²) in [6.45, 7) is 1.88. The number of carbonyl (C=O) groups excluding carboxylic acids is 1. The largest absolute Gasteiger partial charge is 0.497 e. The third-order valence-electron chi connectivity index (χ3n) is 4.06. The summed E-state index contributed by atoms with van der Waals surface area (Å²) < 4.78 is 30.7. The van der Waals surface area contributed by atoms with Crippen molar-refractivity contribution in [1.82, 2.24) is 5.32 Å². The fourth-order valence-corrected chi connectivity index (χ4v) is 4.42. The number of benzene rings is 2. The number of methoxy groups -OCH3 is 1. The van der Waals surface area contributed by atoms with Crippen molar-refractivity contribution in [3.63, 3.8) is 0 Å². The van der Waals surface area contributed by atoms with Crippen molar-refractivity contribution in [2.75, 3.05) is 24.2 Å². The molecule has 0 unspecified atom stereocenters. The minimum atomic E-state index is -3.74. The molecule has 152 valence electrons. The van der Waals surface area contributed by atoms with Crippen LogP contribution in [-0.4, -0.2) is 40.3 Å². The standard InChI is InChI=1S/C19H22Cl2N2O4S/c1-13(19(24)22-9-8-14-4-6-18(27-2)7-5-14)23(28(3,25)26)17-11-15(20)10-16(21)12-17/h4-7,10-13H,8-9H2,1-3H3,(H,22,24)/t13-/m0/s1. The molecule has 0 spiro atoms. The molecule has 1 amide bonds. The van der Waals surface area contributed by atoms with E-state index >= 15 is 0 Å². The van der Waals surface area contributed by atoms with Gasteiger partial charge in [0, 0.05) is 16.6 Å². The number of hydrogen-bond acceptors (Lipinski definition) is 4. The number of nitrogens with one attached hydrogen (secondary N) is 1. The Hall–Kier alpha value is -1.96. The van der Waals surface area contributed by atoms with Crippen LogP contribution in [0.5, 0.6) is 5.75 Å². The first-order valence-electron chi connectivity index (χ1n) is 8.48. The maximum absolute atomic E-state index is 12.6. The molecule has 0 aliphatic carbocycles. The third-order valence-corrected chi connectivity index (χ3v) is 5.74. The van der Waals surface area contributed by atoms with Crippen LogP contribution >= 0.6 is 23.2 Å². The highest BCUT2D eigenvalue weighted by molar-refractivity contribution is 7.92. The number of rotatable bonds is 8. The molecule has 2 rings (SSSR count). The van der Waals surface area contributed by atoms with Gasteiger partial charge in [-0.25, -0.2) is 8.42 Å². The van der Waals surface area contributed by atoms with Crippen LogP contribution < -0.4 is 14.4 Å². The van der Waals surface area contributed by atoms with Gasteiger partial charge in [0.05, 0.1) is 19.1 Å². The number of anilines is 1. The lowest BCUT2D eigenvalue weighted by Gasteiger charge is -2.28. The van der Waals surface area contributed by atoms with Gasteiger partial charge in [-0.1, -0.05) is 35.3 Å². The second-order valence-corrected chi connectivity index (χ2v) is 8.98. The highest BCUT2D eigenvalue weighted by Crippen LogP contribution is 2.28. The van der Waals surface area contributed by atoms with Crippen molar-refractivity contribution in [3.05, 3.63) is 58.1 Å². The predicted octanol–water partition coefficient (Wildman–Crippen LogP) is 3.52. The zero-order valence-electron chi connectivity index (χ0n) is 15.8. The SMILES string of the molecule is COc1ccc(CCNC(=O)[C@H](C)N(c2cc(Cl)cc(Cl)c2)S(C)(=O)=O)cc1. The van der Waals surface area contributed by atoms with Gasteiger partial charge in [0.25, 0.3) is 0 Å². The molecule has 0 fully saturated rings. The molecule has 0 aliphatic heterocycles. The first kappa shape index (κ1) is 22.3. The number of sulfonamides is 1. The number of carbonyl (C=O) groups is 1. The summed E-state index contributed by atoms with van der Waals surface area (Å²) in [5, 5.41) is 3.33. The molecule has 0 radical (unpaired) electrons. The molecule has 1 N–H and O–H groups in total. The molecular formula is C19H22Cl2N2O4S. The van der Waals surface area contributed by atoms with Gasteiger partial charge in [-0.2, -0.15) is 0 Å². The van der Waals surface area contributed by atoms with Crippen LogP contribution in [0.3, 0.4) is 0 Å². The van der Waals surface area contributed by atoms with Crippen molar-refractivity contribution in [2.24, 2.45) is 0 Å². The second kappa shape index (κ2) is 9.49. The van der Waals surface area contributed by atoms with E-state index in [2.05, 4.69) is 5.32 Å². The lowest BCUT2D eigenvalue weighted by molar-refractivity contribution is -0.121. The molecular weight excluding hydrogens is 423 g/mol. The van der Waals surface area contributed by atoms with E-state index in [1.807, 2.05) is 24.3 Å². The van der Waals surface area contributed by atoms with E-state index in [0.717, 1.165) is 21.9 Å². The summed E-state index contributed by atoms with van der Waals surface area (Å²) in [5.41, 5.74) is 1.26. The van der Waals surface area contributed by atoms with E-state index in [-0.39, 0.29) is 15.7 Å². The minimum absolute atomic E-state index is 0.234. The number of halogens is 2. The Morgan fingerprint density at radius 3 is 2.21 bits per heavy atom. The molecule has 0 saturated carbocycles. The molecule has 0 saturated heterocycles. The average molecular weight is 445 g/mol. The van der Waals surface area contributed by atoms with Gasteiger partial charge < -0.3 is 10.1 Å². The van der Waals surface area contributed by atoms with Crippen molar-refractivity contribution < 1.29 is 17.9 Å². The van der Waals surface area contributed by atoms with E-state index in [9.17, 15) is 13.2 Å². The van der Waals surface area contributed by atoms with Crippen LogP contribution in [0.2, 0.25) is 10.0 Å². The quantitative estimate of drug-likeness (QED) is 0.675. The van der Waals surface area contributed by atoms with Crippen LogP contribution in [-0.2, 0) is 21.2 Å². The highest BCUT2D eigenvalue weighted by Gasteiger charge is 2.29.